The number of fused-ring (bicyclic) bond motifs is 1. The molecule has 130 valence electrons. The van der Waals surface area contributed by atoms with Gasteiger partial charge in [-0.1, -0.05) is 29.3 Å². The average molecular weight is 377 g/mol. The van der Waals surface area contributed by atoms with Crippen molar-refractivity contribution in [1.29, 1.82) is 0 Å². The van der Waals surface area contributed by atoms with Crippen LogP contribution >= 0.6 is 23.2 Å². The summed E-state index contributed by atoms with van der Waals surface area (Å²) in [5, 5.41) is 9.30. The standard InChI is InChI=1S/C18H18Cl2N4O/c1-10-8-14(16-11(2)23-24(3)17(16)22-10)18(25)21-7-6-12-4-5-13(19)9-15(12)20/h4-5,8-9H,6-7H2,1-3H3,(H,21,25). The number of pyridine rings is 1. The quantitative estimate of drug-likeness (QED) is 0.751. The molecule has 0 aliphatic rings. The second-order valence-electron chi connectivity index (χ2n) is 5.96. The molecule has 0 atom stereocenters. The van der Waals surface area contributed by atoms with Crippen LogP contribution in [0.15, 0.2) is 24.3 Å². The Balaban J connectivity index is 1.79. The number of halogens is 2. The molecule has 0 saturated heterocycles. The van der Waals surface area contributed by atoms with Gasteiger partial charge in [-0.25, -0.2) is 4.98 Å². The fraction of sp³-hybridized carbons (Fsp3) is 0.278. The highest BCUT2D eigenvalue weighted by molar-refractivity contribution is 6.35. The first-order valence-electron chi connectivity index (χ1n) is 7.90. The van der Waals surface area contributed by atoms with Crippen molar-refractivity contribution in [1.82, 2.24) is 20.1 Å². The minimum atomic E-state index is -0.142. The SMILES string of the molecule is Cc1cc(C(=O)NCCc2ccc(Cl)cc2Cl)c2c(C)nn(C)c2n1. The van der Waals surface area contributed by atoms with Gasteiger partial charge in [-0.15, -0.1) is 0 Å². The number of hydrogen-bond acceptors (Lipinski definition) is 3. The molecular formula is C18H18Cl2N4O. The van der Waals surface area contributed by atoms with Crippen molar-refractivity contribution in [2.75, 3.05) is 6.54 Å². The number of nitrogens with zero attached hydrogens (tertiary/aromatic N) is 3. The van der Waals surface area contributed by atoms with Crippen molar-refractivity contribution in [2.45, 2.75) is 20.3 Å². The summed E-state index contributed by atoms with van der Waals surface area (Å²) in [4.78, 5) is 17.1. The summed E-state index contributed by atoms with van der Waals surface area (Å²) < 4.78 is 1.70. The Labute approximate surface area is 156 Å². The number of benzene rings is 1. The summed E-state index contributed by atoms with van der Waals surface area (Å²) in [6.07, 6.45) is 0.626. The maximum atomic E-state index is 12.7. The van der Waals surface area contributed by atoms with Gasteiger partial charge in [0.25, 0.3) is 5.91 Å². The first kappa shape index (κ1) is 17.7. The number of carbonyl (C=O) groups excluding carboxylic acids is 1. The van der Waals surface area contributed by atoms with Gasteiger partial charge in [-0.05, 0) is 44.0 Å². The highest BCUT2D eigenvalue weighted by Crippen LogP contribution is 2.22. The number of aryl methyl sites for hydroxylation is 3. The molecule has 0 aliphatic heterocycles. The minimum Gasteiger partial charge on any atom is -0.352 e. The Morgan fingerprint density at radius 3 is 2.72 bits per heavy atom. The fourth-order valence-corrected chi connectivity index (χ4v) is 3.38. The molecule has 0 fully saturated rings. The van der Waals surface area contributed by atoms with Crippen LogP contribution in [0.25, 0.3) is 11.0 Å². The molecule has 5 nitrogen and oxygen atoms in total. The van der Waals surface area contributed by atoms with E-state index in [-0.39, 0.29) is 5.91 Å². The number of hydrogen-bond donors (Lipinski definition) is 1. The third-order valence-electron chi connectivity index (χ3n) is 4.04. The minimum absolute atomic E-state index is 0.142. The molecule has 2 heterocycles. The molecule has 0 aliphatic carbocycles. The van der Waals surface area contributed by atoms with Crippen LogP contribution < -0.4 is 5.32 Å². The number of rotatable bonds is 4. The summed E-state index contributed by atoms with van der Waals surface area (Å²) in [6.45, 7) is 4.22. The predicted molar refractivity (Wildman–Crippen MR) is 100 cm³/mol. The van der Waals surface area contributed by atoms with Gasteiger partial charge in [0.2, 0.25) is 0 Å². The van der Waals surface area contributed by atoms with Crippen LogP contribution in [0.5, 0.6) is 0 Å². The smallest absolute Gasteiger partial charge is 0.252 e. The van der Waals surface area contributed by atoms with Gasteiger partial charge in [0, 0.05) is 29.3 Å². The van der Waals surface area contributed by atoms with Crippen LogP contribution in [-0.4, -0.2) is 27.2 Å². The maximum Gasteiger partial charge on any atom is 0.252 e. The zero-order valence-electron chi connectivity index (χ0n) is 14.2. The Hall–Kier alpha value is -2.11. The summed E-state index contributed by atoms with van der Waals surface area (Å²) in [5.74, 6) is -0.142. The van der Waals surface area contributed by atoms with Crippen molar-refractivity contribution in [3.8, 4) is 0 Å². The molecule has 0 spiro atoms. The molecule has 1 aromatic carbocycles. The summed E-state index contributed by atoms with van der Waals surface area (Å²) >= 11 is 12.1. The van der Waals surface area contributed by atoms with Crippen LogP contribution in [0.1, 0.15) is 27.3 Å². The zero-order chi connectivity index (χ0) is 18.1. The monoisotopic (exact) mass is 376 g/mol. The van der Waals surface area contributed by atoms with E-state index in [2.05, 4.69) is 15.4 Å². The number of amides is 1. The fourth-order valence-electron chi connectivity index (χ4n) is 2.88. The van der Waals surface area contributed by atoms with Crippen molar-refractivity contribution in [3.05, 3.63) is 56.8 Å². The zero-order valence-corrected chi connectivity index (χ0v) is 15.7. The topological polar surface area (TPSA) is 59.8 Å². The molecule has 2 aromatic heterocycles. The van der Waals surface area contributed by atoms with Crippen LogP contribution in [0.4, 0.5) is 0 Å². The lowest BCUT2D eigenvalue weighted by atomic mass is 10.1. The Bertz CT molecular complexity index is 965. The van der Waals surface area contributed by atoms with E-state index in [9.17, 15) is 4.79 Å². The van der Waals surface area contributed by atoms with E-state index in [0.717, 1.165) is 22.3 Å². The third kappa shape index (κ3) is 3.62. The van der Waals surface area contributed by atoms with Gasteiger partial charge in [-0.3, -0.25) is 9.48 Å². The van der Waals surface area contributed by atoms with Crippen molar-refractivity contribution >= 4 is 40.1 Å². The van der Waals surface area contributed by atoms with E-state index < -0.39 is 0 Å². The Kier molecular flexibility index (Phi) is 4.97. The average Bonchev–Trinajstić information content (AvgIpc) is 2.83. The van der Waals surface area contributed by atoms with Crippen LogP contribution in [-0.2, 0) is 13.5 Å². The number of aromatic nitrogens is 3. The summed E-state index contributed by atoms with van der Waals surface area (Å²) in [7, 11) is 1.83. The van der Waals surface area contributed by atoms with E-state index >= 15 is 0 Å². The van der Waals surface area contributed by atoms with E-state index in [1.807, 2.05) is 27.0 Å². The van der Waals surface area contributed by atoms with Gasteiger partial charge >= 0.3 is 0 Å². The van der Waals surface area contributed by atoms with Crippen molar-refractivity contribution < 1.29 is 4.79 Å². The third-order valence-corrected chi connectivity index (χ3v) is 4.62. The van der Waals surface area contributed by atoms with Crippen LogP contribution in [0.3, 0.4) is 0 Å². The highest BCUT2D eigenvalue weighted by Gasteiger charge is 2.17. The Morgan fingerprint density at radius 2 is 2.00 bits per heavy atom. The lowest BCUT2D eigenvalue weighted by Crippen LogP contribution is -2.26. The predicted octanol–water partition coefficient (Wildman–Crippen LogP) is 3.86. The van der Waals surface area contributed by atoms with Crippen LogP contribution in [0, 0.1) is 13.8 Å². The lowest BCUT2D eigenvalue weighted by Gasteiger charge is -2.09. The van der Waals surface area contributed by atoms with Gasteiger partial charge < -0.3 is 5.32 Å². The molecule has 0 unspecified atom stereocenters. The van der Waals surface area contributed by atoms with Crippen LogP contribution in [0.2, 0.25) is 10.0 Å². The molecule has 3 aromatic rings. The maximum absolute atomic E-state index is 12.7. The lowest BCUT2D eigenvalue weighted by molar-refractivity contribution is 0.0955. The summed E-state index contributed by atoms with van der Waals surface area (Å²) in [5.41, 5.74) is 3.82. The largest absolute Gasteiger partial charge is 0.352 e. The molecule has 0 saturated carbocycles. The first-order chi connectivity index (χ1) is 11.9. The second-order valence-corrected chi connectivity index (χ2v) is 6.80. The van der Waals surface area contributed by atoms with Gasteiger partial charge in [-0.2, -0.15) is 5.10 Å². The van der Waals surface area contributed by atoms with Crippen molar-refractivity contribution in [3.63, 3.8) is 0 Å². The molecule has 25 heavy (non-hydrogen) atoms. The number of nitrogens with one attached hydrogen (secondary N) is 1. The molecule has 1 N–H and O–H groups in total. The molecule has 0 bridgehead atoms. The normalized spacial score (nSPS) is 11.1. The van der Waals surface area contributed by atoms with Gasteiger partial charge in [0.1, 0.15) is 0 Å². The highest BCUT2D eigenvalue weighted by atomic mass is 35.5. The molecule has 7 heteroatoms. The molecule has 1 amide bonds. The van der Waals surface area contributed by atoms with E-state index in [0.29, 0.717) is 34.2 Å². The molecule has 0 radical (unpaired) electrons. The van der Waals surface area contributed by atoms with E-state index in [4.69, 9.17) is 23.2 Å². The van der Waals surface area contributed by atoms with Crippen molar-refractivity contribution in [2.24, 2.45) is 7.05 Å². The number of carbonyl (C=O) groups is 1. The van der Waals surface area contributed by atoms with Gasteiger partial charge in [0.15, 0.2) is 5.65 Å². The first-order valence-corrected chi connectivity index (χ1v) is 8.65. The second kappa shape index (κ2) is 7.02. The molecule has 3 rings (SSSR count). The van der Waals surface area contributed by atoms with E-state index in [1.54, 1.807) is 22.9 Å². The summed E-state index contributed by atoms with van der Waals surface area (Å²) in [6, 6.07) is 7.16. The molecular weight excluding hydrogens is 359 g/mol. The Morgan fingerprint density at radius 1 is 1.24 bits per heavy atom. The van der Waals surface area contributed by atoms with Gasteiger partial charge in [0.05, 0.1) is 16.6 Å². The van der Waals surface area contributed by atoms with E-state index in [1.165, 1.54) is 0 Å².